The third-order valence-electron chi connectivity index (χ3n) is 9.30. The first-order valence-electron chi connectivity index (χ1n) is 20.6. The number of carbonyl (C=O) groups is 1. The Kier molecular flexibility index (Phi) is 30.7. The first-order valence-corrected chi connectivity index (χ1v) is 22.0. The summed E-state index contributed by atoms with van der Waals surface area (Å²) < 4.78 is 58.8. The second-order valence-electron chi connectivity index (χ2n) is 14.2. The van der Waals surface area contributed by atoms with Gasteiger partial charge in [0.2, 0.25) is 0 Å². The monoisotopic (exact) mass is 778 g/mol. The van der Waals surface area contributed by atoms with E-state index in [4.69, 9.17) is 23.5 Å². The van der Waals surface area contributed by atoms with Gasteiger partial charge in [-0.3, -0.25) is 9.35 Å². The Hall–Kier alpha value is -1.42. The lowest BCUT2D eigenvalue weighted by atomic mass is 9.99. The molecule has 0 aromatic heterocycles. The quantitative estimate of drug-likeness (QED) is 0.0214. The molecule has 1 fully saturated rings. The lowest BCUT2D eigenvalue weighted by Gasteiger charge is -2.41. The van der Waals surface area contributed by atoms with Gasteiger partial charge in [-0.1, -0.05) is 122 Å². The lowest BCUT2D eigenvalue weighted by molar-refractivity contribution is -0.301. The predicted octanol–water partition coefficient (Wildman–Crippen LogP) is 7.68. The second kappa shape index (κ2) is 32.8. The summed E-state index contributed by atoms with van der Waals surface area (Å²) in [6.07, 6.45) is 25.0. The first-order chi connectivity index (χ1) is 25.6. The van der Waals surface area contributed by atoms with Gasteiger partial charge in [0.1, 0.15) is 30.5 Å². The zero-order valence-corrected chi connectivity index (χ0v) is 33.6. The number of aliphatic hydroxyl groups excluding tert-OH is 3. The van der Waals surface area contributed by atoms with Crippen LogP contribution in [0.3, 0.4) is 0 Å². The fourth-order valence-electron chi connectivity index (χ4n) is 6.12. The molecule has 12 nitrogen and oxygen atoms in total. The summed E-state index contributed by atoms with van der Waals surface area (Å²) in [4.78, 5) is 12.8. The summed E-state index contributed by atoms with van der Waals surface area (Å²) in [6, 6.07) is 0. The van der Waals surface area contributed by atoms with Crippen LogP contribution < -0.4 is 0 Å². The van der Waals surface area contributed by atoms with Crippen LogP contribution in [0.2, 0.25) is 0 Å². The van der Waals surface area contributed by atoms with Crippen LogP contribution in [0, 0.1) is 0 Å². The van der Waals surface area contributed by atoms with Gasteiger partial charge < -0.3 is 34.3 Å². The molecule has 4 N–H and O–H groups in total. The third kappa shape index (κ3) is 26.9. The lowest BCUT2D eigenvalue weighted by Crippen LogP contribution is -2.60. The molecular weight excluding hydrogens is 704 g/mol. The molecule has 53 heavy (non-hydrogen) atoms. The Labute approximate surface area is 321 Å². The van der Waals surface area contributed by atoms with E-state index in [1.165, 1.54) is 64.2 Å². The predicted molar refractivity (Wildman–Crippen MR) is 207 cm³/mol. The van der Waals surface area contributed by atoms with Gasteiger partial charge in [-0.25, -0.2) is 4.18 Å². The molecule has 1 aliphatic heterocycles. The Morgan fingerprint density at radius 1 is 0.698 bits per heavy atom. The smallest absolute Gasteiger partial charge is 0.397 e. The van der Waals surface area contributed by atoms with Crippen molar-refractivity contribution in [1.29, 1.82) is 0 Å². The minimum Gasteiger partial charge on any atom is -0.457 e. The Morgan fingerprint density at radius 2 is 1.21 bits per heavy atom. The topological polar surface area (TPSA) is 178 Å². The maximum absolute atomic E-state index is 12.8. The minimum atomic E-state index is -5.06. The highest BCUT2D eigenvalue weighted by molar-refractivity contribution is 7.80. The zero-order valence-electron chi connectivity index (χ0n) is 32.8. The molecule has 0 saturated carbocycles. The molecule has 0 aliphatic carbocycles. The normalized spacial score (nSPS) is 21.5. The molecule has 1 saturated heterocycles. The summed E-state index contributed by atoms with van der Waals surface area (Å²) in [5.41, 5.74) is 0. The van der Waals surface area contributed by atoms with Gasteiger partial charge in [0, 0.05) is 13.0 Å². The van der Waals surface area contributed by atoms with E-state index in [2.05, 4.69) is 42.3 Å². The average molecular weight is 779 g/mol. The van der Waals surface area contributed by atoms with E-state index in [1.54, 1.807) is 0 Å². The van der Waals surface area contributed by atoms with Crippen LogP contribution in [0.25, 0.3) is 0 Å². The molecule has 1 aliphatic rings. The van der Waals surface area contributed by atoms with Gasteiger partial charge in [0.05, 0.1) is 19.8 Å². The van der Waals surface area contributed by atoms with Crippen LogP contribution in [0.4, 0.5) is 0 Å². The molecular formula is C40H74O12S. The average Bonchev–Trinajstić information content (AvgIpc) is 3.12. The van der Waals surface area contributed by atoms with E-state index in [0.29, 0.717) is 13.0 Å². The molecule has 0 spiro atoms. The van der Waals surface area contributed by atoms with Crippen molar-refractivity contribution >= 4 is 16.4 Å². The zero-order chi connectivity index (χ0) is 39.0. The molecule has 6 atom stereocenters. The van der Waals surface area contributed by atoms with E-state index in [9.17, 15) is 28.5 Å². The minimum absolute atomic E-state index is 0.0299. The van der Waals surface area contributed by atoms with Crippen LogP contribution in [-0.2, 0) is 38.3 Å². The number of esters is 1. The molecule has 6 unspecified atom stereocenters. The maximum atomic E-state index is 12.8. The molecule has 0 aromatic carbocycles. The van der Waals surface area contributed by atoms with Gasteiger partial charge >= 0.3 is 16.4 Å². The molecule has 0 amide bonds. The highest BCUT2D eigenvalue weighted by Gasteiger charge is 2.48. The molecule has 0 aromatic rings. The SMILES string of the molecule is CCCC/C=C\CCCCCCCCOCC(COC1OC(CO)C(O)C(OS(=O)(=O)O)C1O)OC(=O)CCCCCCC/C=C\CCCCCCC. The number of hydrogen-bond acceptors (Lipinski definition) is 11. The number of allylic oxidation sites excluding steroid dienone is 4. The van der Waals surface area contributed by atoms with Crippen molar-refractivity contribution in [3.05, 3.63) is 24.3 Å². The largest absolute Gasteiger partial charge is 0.457 e. The Bertz CT molecular complexity index is 1040. The van der Waals surface area contributed by atoms with Crippen LogP contribution in [0.15, 0.2) is 24.3 Å². The molecule has 312 valence electrons. The molecule has 0 radical (unpaired) electrons. The van der Waals surface area contributed by atoms with Gasteiger partial charge in [-0.2, -0.15) is 8.42 Å². The molecule has 13 heteroatoms. The van der Waals surface area contributed by atoms with Gasteiger partial charge in [-0.05, 0) is 57.8 Å². The van der Waals surface area contributed by atoms with Crippen molar-refractivity contribution in [2.24, 2.45) is 0 Å². The second-order valence-corrected chi connectivity index (χ2v) is 15.3. The Balaban J connectivity index is 2.49. The van der Waals surface area contributed by atoms with Gasteiger partial charge in [0.25, 0.3) is 0 Å². The van der Waals surface area contributed by atoms with Crippen molar-refractivity contribution in [2.45, 2.75) is 198 Å². The number of rotatable bonds is 35. The third-order valence-corrected chi connectivity index (χ3v) is 9.76. The molecule has 0 bridgehead atoms. The number of unbranched alkanes of at least 4 members (excludes halogenated alkanes) is 18. The van der Waals surface area contributed by atoms with E-state index in [1.807, 2.05) is 0 Å². The van der Waals surface area contributed by atoms with E-state index in [-0.39, 0.29) is 19.6 Å². The van der Waals surface area contributed by atoms with E-state index < -0.39 is 59.8 Å². The fraction of sp³-hybridized carbons (Fsp3) is 0.875. The summed E-state index contributed by atoms with van der Waals surface area (Å²) in [6.45, 7) is 3.91. The number of aliphatic hydroxyl groups is 3. The standard InChI is InChI=1S/C40H74O12S/c1-3-5-7-9-11-13-15-17-18-19-21-23-25-27-29-36(42)50-34(32-48-30-28-26-24-22-20-16-14-12-10-8-6-4-2)33-49-40-38(44)39(52-53(45,46)47)37(43)35(31-41)51-40/h10,12,15,17,34-35,37-41,43-44H,3-9,11,13-14,16,18-33H2,1-2H3,(H,45,46,47)/b12-10-,17-15-. The van der Waals surface area contributed by atoms with Crippen molar-refractivity contribution in [3.63, 3.8) is 0 Å². The van der Waals surface area contributed by atoms with Crippen LogP contribution in [0.5, 0.6) is 0 Å². The van der Waals surface area contributed by atoms with Crippen LogP contribution >= 0.6 is 0 Å². The van der Waals surface area contributed by atoms with Crippen LogP contribution in [0.1, 0.15) is 162 Å². The first kappa shape index (κ1) is 49.6. The fourth-order valence-corrected chi connectivity index (χ4v) is 6.63. The summed E-state index contributed by atoms with van der Waals surface area (Å²) in [7, 11) is -5.06. The summed E-state index contributed by atoms with van der Waals surface area (Å²) in [5, 5.41) is 30.5. The van der Waals surface area contributed by atoms with Crippen molar-refractivity contribution in [3.8, 4) is 0 Å². The Morgan fingerprint density at radius 3 is 1.75 bits per heavy atom. The van der Waals surface area contributed by atoms with E-state index >= 15 is 0 Å². The van der Waals surface area contributed by atoms with Gasteiger partial charge in [0.15, 0.2) is 6.29 Å². The molecule has 1 heterocycles. The maximum Gasteiger partial charge on any atom is 0.397 e. The number of carbonyl (C=O) groups excluding carboxylic acids is 1. The van der Waals surface area contributed by atoms with Crippen molar-refractivity contribution < 1.29 is 56.2 Å². The number of ether oxygens (including phenoxy) is 4. The van der Waals surface area contributed by atoms with Crippen molar-refractivity contribution in [2.75, 3.05) is 26.4 Å². The summed E-state index contributed by atoms with van der Waals surface area (Å²) >= 11 is 0. The highest BCUT2D eigenvalue weighted by atomic mass is 32.3. The highest BCUT2D eigenvalue weighted by Crippen LogP contribution is 2.26. The van der Waals surface area contributed by atoms with Gasteiger partial charge in [-0.15, -0.1) is 0 Å². The molecule has 1 rings (SSSR count). The summed E-state index contributed by atoms with van der Waals surface area (Å²) in [5.74, 6) is -0.411. The van der Waals surface area contributed by atoms with Crippen molar-refractivity contribution in [1.82, 2.24) is 0 Å². The van der Waals surface area contributed by atoms with Crippen LogP contribution in [-0.4, -0.2) is 97.5 Å². The van der Waals surface area contributed by atoms with E-state index in [0.717, 1.165) is 70.6 Å². The number of hydrogen-bond donors (Lipinski definition) is 4.